The van der Waals surface area contributed by atoms with Gasteiger partial charge >= 0.3 is 12.1 Å². The Morgan fingerprint density at radius 2 is 2.09 bits per heavy atom. The maximum Gasteiger partial charge on any atom is 0.321 e. The quantitative estimate of drug-likeness (QED) is 0.808. The molecule has 22 heavy (non-hydrogen) atoms. The predicted octanol–water partition coefficient (Wildman–Crippen LogP) is 2.13. The minimum absolute atomic E-state index is 0.0986. The minimum Gasteiger partial charge on any atom is -0.472 e. The zero-order chi connectivity index (χ0) is 15.4. The molecule has 1 aliphatic heterocycles. The number of benzene rings is 1. The molecule has 0 saturated carbocycles. The van der Waals surface area contributed by atoms with Crippen molar-refractivity contribution in [3.05, 3.63) is 48.4 Å². The van der Waals surface area contributed by atoms with Gasteiger partial charge in [0.1, 0.15) is 0 Å². The van der Waals surface area contributed by atoms with E-state index in [1.807, 2.05) is 0 Å². The molecule has 1 fully saturated rings. The second-order valence-electron chi connectivity index (χ2n) is 4.87. The van der Waals surface area contributed by atoms with Gasteiger partial charge in [-0.15, -0.1) is 0 Å². The van der Waals surface area contributed by atoms with Crippen LogP contribution in [0.2, 0.25) is 0 Å². The molecule has 0 bridgehead atoms. The Balaban J connectivity index is 1.54. The van der Waals surface area contributed by atoms with Crippen LogP contribution in [0, 0.1) is 0 Å². The topological polar surface area (TPSA) is 86.6 Å². The average Bonchev–Trinajstić information content (AvgIpc) is 3.17. The second kappa shape index (κ2) is 6.21. The number of nitrogens with one attached hydrogen (secondary N) is 3. The molecule has 1 aliphatic rings. The van der Waals surface area contributed by atoms with Gasteiger partial charge in [0.15, 0.2) is 0 Å². The molecule has 2 aromatic rings. The third-order valence-electron chi connectivity index (χ3n) is 3.33. The number of rotatable bonds is 4. The molecular weight excluding hydrogens is 284 g/mol. The van der Waals surface area contributed by atoms with E-state index in [0.717, 1.165) is 11.3 Å². The first-order chi connectivity index (χ1) is 10.7. The van der Waals surface area contributed by atoms with Crippen LogP contribution in [0.15, 0.2) is 47.3 Å². The first kappa shape index (κ1) is 14.0. The Hall–Kier alpha value is -2.96. The lowest BCUT2D eigenvalue weighted by Crippen LogP contribution is -2.28. The maximum absolute atomic E-state index is 11.8. The first-order valence-electron chi connectivity index (χ1n) is 6.94. The summed E-state index contributed by atoms with van der Waals surface area (Å²) in [6.45, 7) is 1.69. The van der Waals surface area contributed by atoms with Crippen LogP contribution >= 0.6 is 0 Å². The van der Waals surface area contributed by atoms with Gasteiger partial charge in [0, 0.05) is 36.6 Å². The largest absolute Gasteiger partial charge is 0.472 e. The number of carbonyl (C=O) groups excluding carboxylic acids is 2. The summed E-state index contributed by atoms with van der Waals surface area (Å²) in [4.78, 5) is 25.0. The molecular formula is C15H16N4O3. The fraction of sp³-hybridized carbons (Fsp3) is 0.200. The van der Waals surface area contributed by atoms with Gasteiger partial charge in [-0.3, -0.25) is 4.90 Å². The van der Waals surface area contributed by atoms with Crippen LogP contribution in [0.3, 0.4) is 0 Å². The van der Waals surface area contributed by atoms with Crippen molar-refractivity contribution in [1.29, 1.82) is 0 Å². The van der Waals surface area contributed by atoms with E-state index in [4.69, 9.17) is 4.42 Å². The maximum atomic E-state index is 11.8. The summed E-state index contributed by atoms with van der Waals surface area (Å²) in [7, 11) is 0. The molecule has 1 aromatic heterocycles. The van der Waals surface area contributed by atoms with Crippen LogP contribution in [0.25, 0.3) is 0 Å². The van der Waals surface area contributed by atoms with Crippen LogP contribution in [0.1, 0.15) is 5.56 Å². The van der Waals surface area contributed by atoms with E-state index in [1.165, 1.54) is 0 Å². The zero-order valence-electron chi connectivity index (χ0n) is 11.8. The van der Waals surface area contributed by atoms with Crippen LogP contribution in [0.5, 0.6) is 0 Å². The fourth-order valence-corrected chi connectivity index (χ4v) is 2.19. The molecule has 3 N–H and O–H groups in total. The number of amides is 4. The summed E-state index contributed by atoms with van der Waals surface area (Å²) < 4.78 is 4.93. The number of carbonyl (C=O) groups is 2. The molecule has 7 heteroatoms. The van der Waals surface area contributed by atoms with E-state index >= 15 is 0 Å². The number of anilines is 2. The molecule has 0 atom stereocenters. The molecule has 2 heterocycles. The summed E-state index contributed by atoms with van der Waals surface area (Å²) in [5.74, 6) is 0. The molecule has 114 valence electrons. The van der Waals surface area contributed by atoms with Crippen molar-refractivity contribution in [3.8, 4) is 0 Å². The summed E-state index contributed by atoms with van der Waals surface area (Å²) in [5.41, 5.74) is 2.36. The summed E-state index contributed by atoms with van der Waals surface area (Å²) in [5, 5.41) is 8.20. The molecule has 0 unspecified atom stereocenters. The van der Waals surface area contributed by atoms with Gasteiger partial charge in [0.2, 0.25) is 0 Å². The molecule has 1 aromatic carbocycles. The van der Waals surface area contributed by atoms with Gasteiger partial charge in [0.25, 0.3) is 0 Å². The monoisotopic (exact) mass is 300 g/mol. The third-order valence-corrected chi connectivity index (χ3v) is 3.33. The lowest BCUT2D eigenvalue weighted by atomic mass is 10.2. The van der Waals surface area contributed by atoms with E-state index in [-0.39, 0.29) is 12.1 Å². The highest BCUT2D eigenvalue weighted by molar-refractivity contribution is 5.94. The Labute approximate surface area is 127 Å². The summed E-state index contributed by atoms with van der Waals surface area (Å²) >= 11 is 0. The molecule has 3 rings (SSSR count). The molecule has 0 spiro atoms. The fourth-order valence-electron chi connectivity index (χ4n) is 2.19. The zero-order valence-corrected chi connectivity index (χ0v) is 11.8. The Kier molecular flexibility index (Phi) is 3.95. The summed E-state index contributed by atoms with van der Waals surface area (Å²) in [6.07, 6.45) is 3.14. The third kappa shape index (κ3) is 3.20. The van der Waals surface area contributed by atoms with Crippen molar-refractivity contribution in [2.24, 2.45) is 0 Å². The molecule has 0 radical (unpaired) electrons. The molecule has 0 aliphatic carbocycles. The van der Waals surface area contributed by atoms with Crippen LogP contribution < -0.4 is 20.9 Å². The highest BCUT2D eigenvalue weighted by Gasteiger charge is 2.20. The van der Waals surface area contributed by atoms with Crippen LogP contribution in [0.4, 0.5) is 21.0 Å². The van der Waals surface area contributed by atoms with E-state index < -0.39 is 0 Å². The number of furan rings is 1. The van der Waals surface area contributed by atoms with Crippen LogP contribution in [-0.4, -0.2) is 25.2 Å². The van der Waals surface area contributed by atoms with Gasteiger partial charge in [-0.05, 0) is 30.3 Å². The van der Waals surface area contributed by atoms with Gasteiger partial charge < -0.3 is 20.4 Å². The van der Waals surface area contributed by atoms with Crippen molar-refractivity contribution in [1.82, 2.24) is 10.6 Å². The lowest BCUT2D eigenvalue weighted by molar-refractivity contribution is 0.251. The summed E-state index contributed by atoms with van der Waals surface area (Å²) in [6, 6.07) is 8.52. The highest BCUT2D eigenvalue weighted by atomic mass is 16.3. The van der Waals surface area contributed by atoms with E-state index in [1.54, 1.807) is 47.8 Å². The van der Waals surface area contributed by atoms with Crippen LogP contribution in [-0.2, 0) is 6.54 Å². The van der Waals surface area contributed by atoms with Crippen molar-refractivity contribution in [2.45, 2.75) is 6.54 Å². The van der Waals surface area contributed by atoms with Crippen molar-refractivity contribution >= 4 is 23.4 Å². The predicted molar refractivity (Wildman–Crippen MR) is 81.8 cm³/mol. The Morgan fingerprint density at radius 3 is 2.73 bits per heavy atom. The SMILES string of the molecule is O=C(NCc1ccoc1)Nc1ccc(N2CCNC2=O)cc1. The smallest absolute Gasteiger partial charge is 0.321 e. The molecule has 1 saturated heterocycles. The first-order valence-corrected chi connectivity index (χ1v) is 6.94. The van der Waals surface area contributed by atoms with Gasteiger partial charge in [-0.2, -0.15) is 0 Å². The number of hydrogen-bond acceptors (Lipinski definition) is 3. The molecule has 4 amide bonds. The second-order valence-corrected chi connectivity index (χ2v) is 4.87. The number of hydrogen-bond donors (Lipinski definition) is 3. The van der Waals surface area contributed by atoms with Crippen molar-refractivity contribution < 1.29 is 14.0 Å². The average molecular weight is 300 g/mol. The Morgan fingerprint density at radius 1 is 1.27 bits per heavy atom. The van der Waals surface area contributed by atoms with Crippen molar-refractivity contribution in [3.63, 3.8) is 0 Å². The van der Waals surface area contributed by atoms with E-state index in [9.17, 15) is 9.59 Å². The minimum atomic E-state index is -0.298. The standard InChI is InChI=1S/C15H16N4O3/c20-14(17-9-11-5-8-22-10-11)18-12-1-3-13(4-2-12)19-7-6-16-15(19)21/h1-5,8,10H,6-7,9H2,(H,16,21)(H2,17,18,20). The Bertz CT molecular complexity index is 652. The number of nitrogens with zero attached hydrogens (tertiary/aromatic N) is 1. The van der Waals surface area contributed by atoms with E-state index in [0.29, 0.717) is 25.3 Å². The van der Waals surface area contributed by atoms with E-state index in [2.05, 4.69) is 16.0 Å². The van der Waals surface area contributed by atoms with Gasteiger partial charge in [-0.25, -0.2) is 9.59 Å². The molecule has 7 nitrogen and oxygen atoms in total. The normalized spacial score (nSPS) is 13.8. The van der Waals surface area contributed by atoms with Gasteiger partial charge in [0.05, 0.1) is 12.5 Å². The lowest BCUT2D eigenvalue weighted by Gasteiger charge is -2.14. The highest BCUT2D eigenvalue weighted by Crippen LogP contribution is 2.19. The van der Waals surface area contributed by atoms with Crippen molar-refractivity contribution in [2.75, 3.05) is 23.3 Å². The number of urea groups is 2. The van der Waals surface area contributed by atoms with Gasteiger partial charge in [-0.1, -0.05) is 0 Å².